The molecular formula is C13H24O3. The third kappa shape index (κ3) is 9.69. The van der Waals surface area contributed by atoms with E-state index < -0.39 is 0 Å². The number of hydrogen-bond acceptors (Lipinski definition) is 3. The van der Waals surface area contributed by atoms with Gasteiger partial charge in [-0.1, -0.05) is 26.7 Å². The highest BCUT2D eigenvalue weighted by Gasteiger charge is 2.07. The Labute approximate surface area is 98.6 Å². The average Bonchev–Trinajstić information content (AvgIpc) is 2.22. The van der Waals surface area contributed by atoms with Crippen LogP contribution in [0.25, 0.3) is 0 Å². The quantitative estimate of drug-likeness (QED) is 0.450. The van der Waals surface area contributed by atoms with Gasteiger partial charge in [-0.15, -0.1) is 0 Å². The van der Waals surface area contributed by atoms with Gasteiger partial charge in [-0.2, -0.15) is 0 Å². The van der Waals surface area contributed by atoms with E-state index in [1.54, 1.807) is 6.92 Å². The van der Waals surface area contributed by atoms with E-state index in [-0.39, 0.29) is 18.2 Å². The van der Waals surface area contributed by atoms with Gasteiger partial charge in [-0.3, -0.25) is 9.59 Å². The standard InChI is InChI=1S/C13H24O3/c1-4-16-13(15)10-9-12(14)8-6-5-7-11(2)3/h11H,4-10H2,1-3H3. The highest BCUT2D eigenvalue weighted by molar-refractivity contribution is 5.82. The highest BCUT2D eigenvalue weighted by atomic mass is 16.5. The molecule has 0 aromatic carbocycles. The van der Waals surface area contributed by atoms with Crippen molar-refractivity contribution < 1.29 is 14.3 Å². The summed E-state index contributed by atoms with van der Waals surface area (Å²) in [6.45, 7) is 6.53. The van der Waals surface area contributed by atoms with Crippen LogP contribution in [0.2, 0.25) is 0 Å². The topological polar surface area (TPSA) is 43.4 Å². The van der Waals surface area contributed by atoms with Crippen molar-refractivity contribution in [3.8, 4) is 0 Å². The van der Waals surface area contributed by atoms with Gasteiger partial charge in [-0.05, 0) is 19.3 Å². The summed E-state index contributed by atoms with van der Waals surface area (Å²) in [6, 6.07) is 0. The Morgan fingerprint density at radius 3 is 2.31 bits per heavy atom. The van der Waals surface area contributed by atoms with E-state index in [9.17, 15) is 9.59 Å². The van der Waals surface area contributed by atoms with Crippen molar-refractivity contribution in [2.24, 2.45) is 5.92 Å². The summed E-state index contributed by atoms with van der Waals surface area (Å²) in [4.78, 5) is 22.4. The number of esters is 1. The Morgan fingerprint density at radius 2 is 1.75 bits per heavy atom. The minimum absolute atomic E-state index is 0.178. The van der Waals surface area contributed by atoms with Crippen molar-refractivity contribution in [1.29, 1.82) is 0 Å². The Bertz CT molecular complexity index is 209. The molecule has 0 unspecified atom stereocenters. The van der Waals surface area contributed by atoms with Crippen LogP contribution in [0.3, 0.4) is 0 Å². The van der Waals surface area contributed by atoms with Crippen LogP contribution in [0.4, 0.5) is 0 Å². The van der Waals surface area contributed by atoms with Crippen molar-refractivity contribution >= 4 is 11.8 Å². The van der Waals surface area contributed by atoms with Crippen molar-refractivity contribution in [1.82, 2.24) is 0 Å². The second-order valence-corrected chi connectivity index (χ2v) is 4.48. The molecule has 3 nitrogen and oxygen atoms in total. The van der Waals surface area contributed by atoms with E-state index in [1.807, 2.05) is 0 Å². The number of hydrogen-bond donors (Lipinski definition) is 0. The number of unbranched alkanes of at least 4 members (excludes halogenated alkanes) is 1. The third-order valence-electron chi connectivity index (χ3n) is 2.40. The van der Waals surface area contributed by atoms with Gasteiger partial charge in [0.2, 0.25) is 0 Å². The molecule has 0 saturated carbocycles. The Morgan fingerprint density at radius 1 is 1.06 bits per heavy atom. The SMILES string of the molecule is CCOC(=O)CCC(=O)CCCCC(C)C. The van der Waals surface area contributed by atoms with Crippen molar-refractivity contribution in [3.05, 3.63) is 0 Å². The van der Waals surface area contributed by atoms with E-state index in [0.717, 1.165) is 12.8 Å². The molecule has 0 saturated heterocycles. The lowest BCUT2D eigenvalue weighted by Crippen LogP contribution is -2.07. The van der Waals surface area contributed by atoms with Gasteiger partial charge in [0, 0.05) is 12.8 Å². The molecule has 16 heavy (non-hydrogen) atoms. The number of carbonyl (C=O) groups is 2. The van der Waals surface area contributed by atoms with Crippen molar-refractivity contribution in [2.45, 2.75) is 59.3 Å². The molecule has 3 heteroatoms. The molecular weight excluding hydrogens is 204 g/mol. The summed E-state index contributed by atoms with van der Waals surface area (Å²) < 4.78 is 4.76. The van der Waals surface area contributed by atoms with E-state index in [0.29, 0.717) is 25.4 Å². The van der Waals surface area contributed by atoms with Crippen LogP contribution >= 0.6 is 0 Å². The van der Waals surface area contributed by atoms with Crippen LogP contribution in [0.15, 0.2) is 0 Å². The Kier molecular flexibility index (Phi) is 8.87. The zero-order valence-corrected chi connectivity index (χ0v) is 10.8. The molecule has 0 spiro atoms. The maximum absolute atomic E-state index is 11.4. The lowest BCUT2D eigenvalue weighted by molar-refractivity contribution is -0.144. The minimum Gasteiger partial charge on any atom is -0.466 e. The Balaban J connectivity index is 3.41. The molecule has 0 amide bonds. The number of carbonyl (C=O) groups excluding carboxylic acids is 2. The summed E-state index contributed by atoms with van der Waals surface area (Å²) in [5.41, 5.74) is 0. The third-order valence-corrected chi connectivity index (χ3v) is 2.40. The van der Waals surface area contributed by atoms with Gasteiger partial charge in [-0.25, -0.2) is 0 Å². The summed E-state index contributed by atoms with van der Waals surface area (Å²) in [7, 11) is 0. The largest absolute Gasteiger partial charge is 0.466 e. The summed E-state index contributed by atoms with van der Waals surface area (Å²) in [6.07, 6.45) is 4.39. The molecule has 0 radical (unpaired) electrons. The second-order valence-electron chi connectivity index (χ2n) is 4.48. The van der Waals surface area contributed by atoms with Crippen molar-refractivity contribution in [3.63, 3.8) is 0 Å². The predicted octanol–water partition coefficient (Wildman–Crippen LogP) is 3.12. The summed E-state index contributed by atoms with van der Waals surface area (Å²) in [5.74, 6) is 0.615. The van der Waals surface area contributed by atoms with Crippen LogP contribution in [0.5, 0.6) is 0 Å². The van der Waals surface area contributed by atoms with E-state index in [4.69, 9.17) is 4.74 Å². The van der Waals surface area contributed by atoms with E-state index >= 15 is 0 Å². The van der Waals surface area contributed by atoms with Gasteiger partial charge < -0.3 is 4.74 Å². The first-order valence-corrected chi connectivity index (χ1v) is 6.23. The number of ketones is 1. The smallest absolute Gasteiger partial charge is 0.306 e. The number of Topliss-reactive ketones (excluding diaryl/α,β-unsaturated/α-hetero) is 1. The lowest BCUT2D eigenvalue weighted by atomic mass is 10.0. The van der Waals surface area contributed by atoms with Crippen LogP contribution in [-0.4, -0.2) is 18.4 Å². The maximum Gasteiger partial charge on any atom is 0.306 e. The predicted molar refractivity (Wildman–Crippen MR) is 64.2 cm³/mol. The molecule has 0 N–H and O–H groups in total. The first kappa shape index (κ1) is 15.1. The fraction of sp³-hybridized carbons (Fsp3) is 0.846. The molecule has 0 heterocycles. The molecule has 0 bridgehead atoms. The summed E-state index contributed by atoms with van der Waals surface area (Å²) >= 11 is 0. The molecule has 0 aliphatic carbocycles. The van der Waals surface area contributed by atoms with Crippen LogP contribution < -0.4 is 0 Å². The average molecular weight is 228 g/mol. The molecule has 0 fully saturated rings. The molecule has 0 aliphatic heterocycles. The van der Waals surface area contributed by atoms with Crippen LogP contribution in [-0.2, 0) is 14.3 Å². The normalized spacial score (nSPS) is 10.5. The van der Waals surface area contributed by atoms with Crippen molar-refractivity contribution in [2.75, 3.05) is 6.61 Å². The van der Waals surface area contributed by atoms with Gasteiger partial charge >= 0.3 is 5.97 Å². The first-order valence-electron chi connectivity index (χ1n) is 6.23. The monoisotopic (exact) mass is 228 g/mol. The molecule has 0 atom stereocenters. The van der Waals surface area contributed by atoms with E-state index in [1.165, 1.54) is 6.42 Å². The van der Waals surface area contributed by atoms with Crippen LogP contribution in [0, 0.1) is 5.92 Å². The molecule has 0 aliphatic rings. The Hall–Kier alpha value is -0.860. The lowest BCUT2D eigenvalue weighted by Gasteiger charge is -2.04. The van der Waals surface area contributed by atoms with Gasteiger partial charge in [0.05, 0.1) is 13.0 Å². The fourth-order valence-corrected chi connectivity index (χ4v) is 1.47. The van der Waals surface area contributed by atoms with E-state index in [2.05, 4.69) is 13.8 Å². The number of rotatable bonds is 9. The van der Waals surface area contributed by atoms with Gasteiger partial charge in [0.15, 0.2) is 0 Å². The zero-order valence-electron chi connectivity index (χ0n) is 10.8. The summed E-state index contributed by atoms with van der Waals surface area (Å²) in [5, 5.41) is 0. The zero-order chi connectivity index (χ0) is 12.4. The van der Waals surface area contributed by atoms with Crippen LogP contribution in [0.1, 0.15) is 59.3 Å². The molecule has 94 valence electrons. The maximum atomic E-state index is 11.4. The van der Waals surface area contributed by atoms with Gasteiger partial charge in [0.1, 0.15) is 5.78 Å². The molecule has 0 aromatic rings. The first-order chi connectivity index (χ1) is 7.56. The molecule has 0 rings (SSSR count). The number of ether oxygens (including phenoxy) is 1. The molecule has 0 aromatic heterocycles. The fourth-order valence-electron chi connectivity index (χ4n) is 1.47. The highest BCUT2D eigenvalue weighted by Crippen LogP contribution is 2.09. The minimum atomic E-state index is -0.266. The second kappa shape index (κ2) is 9.37. The van der Waals surface area contributed by atoms with Gasteiger partial charge in [0.25, 0.3) is 0 Å².